The van der Waals surface area contributed by atoms with Gasteiger partial charge in [-0.15, -0.1) is 0 Å². The van der Waals surface area contributed by atoms with Crippen molar-refractivity contribution in [3.8, 4) is 0 Å². The molecule has 108 valence electrons. The van der Waals surface area contributed by atoms with E-state index in [1.54, 1.807) is 0 Å². The standard InChI is InChI=1S/C11H10F6O2/c12-10(13,14)9(19,11(15,16)17)6-8(18)7-4-2-1-3-5-7/h1-5,8,18-19H,6H2. The molecule has 1 aromatic rings. The van der Waals surface area contributed by atoms with E-state index in [4.69, 9.17) is 5.11 Å². The zero-order valence-electron chi connectivity index (χ0n) is 9.33. The Kier molecular flexibility index (Phi) is 4.16. The third kappa shape index (κ3) is 3.19. The second-order valence-corrected chi connectivity index (χ2v) is 3.99. The smallest absolute Gasteiger partial charge is 0.388 e. The Morgan fingerprint density at radius 2 is 1.32 bits per heavy atom. The highest BCUT2D eigenvalue weighted by Crippen LogP contribution is 2.47. The first-order chi connectivity index (χ1) is 8.49. The van der Waals surface area contributed by atoms with Gasteiger partial charge < -0.3 is 10.2 Å². The minimum atomic E-state index is -5.93. The molecule has 1 atom stereocenters. The number of rotatable bonds is 3. The van der Waals surface area contributed by atoms with Gasteiger partial charge in [0.05, 0.1) is 6.10 Å². The van der Waals surface area contributed by atoms with Gasteiger partial charge in [-0.2, -0.15) is 26.3 Å². The molecule has 2 nitrogen and oxygen atoms in total. The molecule has 19 heavy (non-hydrogen) atoms. The maximum atomic E-state index is 12.4. The number of alkyl halides is 6. The normalized spacial score (nSPS) is 15.4. The topological polar surface area (TPSA) is 40.5 Å². The summed E-state index contributed by atoms with van der Waals surface area (Å²) >= 11 is 0. The van der Waals surface area contributed by atoms with Gasteiger partial charge in [0, 0.05) is 6.42 Å². The minimum absolute atomic E-state index is 0.144. The number of hydrogen-bond donors (Lipinski definition) is 2. The van der Waals surface area contributed by atoms with E-state index in [1.165, 1.54) is 18.2 Å². The fourth-order valence-electron chi connectivity index (χ4n) is 1.47. The van der Waals surface area contributed by atoms with E-state index < -0.39 is 30.5 Å². The summed E-state index contributed by atoms with van der Waals surface area (Å²) in [5.41, 5.74) is -5.09. The molecule has 1 unspecified atom stereocenters. The highest BCUT2D eigenvalue weighted by Gasteiger charge is 2.70. The Morgan fingerprint density at radius 1 is 0.895 bits per heavy atom. The summed E-state index contributed by atoms with van der Waals surface area (Å²) in [6, 6.07) is 6.50. The SMILES string of the molecule is OC(CC(O)(C(F)(F)F)C(F)(F)F)c1ccccc1. The van der Waals surface area contributed by atoms with E-state index in [9.17, 15) is 31.4 Å². The summed E-state index contributed by atoms with van der Waals surface area (Å²) in [6.45, 7) is 0. The van der Waals surface area contributed by atoms with Gasteiger partial charge in [0.2, 0.25) is 0 Å². The summed E-state index contributed by atoms with van der Waals surface area (Å²) in [5.74, 6) is 0. The molecule has 0 aliphatic carbocycles. The second-order valence-electron chi connectivity index (χ2n) is 3.99. The number of aliphatic hydroxyl groups is 2. The molecule has 0 spiro atoms. The molecule has 0 saturated heterocycles. The van der Waals surface area contributed by atoms with E-state index in [1.807, 2.05) is 0 Å². The first-order valence-corrected chi connectivity index (χ1v) is 5.08. The van der Waals surface area contributed by atoms with Crippen LogP contribution >= 0.6 is 0 Å². The van der Waals surface area contributed by atoms with Crippen molar-refractivity contribution in [2.45, 2.75) is 30.5 Å². The van der Waals surface area contributed by atoms with Gasteiger partial charge in [-0.05, 0) is 5.56 Å². The molecule has 1 rings (SSSR count). The number of benzene rings is 1. The van der Waals surface area contributed by atoms with Crippen LogP contribution in [0.2, 0.25) is 0 Å². The largest absolute Gasteiger partial charge is 0.426 e. The molecule has 0 fully saturated rings. The molecular formula is C11H10F6O2. The van der Waals surface area contributed by atoms with Crippen LogP contribution in [-0.4, -0.2) is 28.2 Å². The van der Waals surface area contributed by atoms with Crippen molar-refractivity contribution < 1.29 is 36.6 Å². The summed E-state index contributed by atoms with van der Waals surface area (Å²) in [4.78, 5) is 0. The number of aliphatic hydroxyl groups excluding tert-OH is 1. The highest BCUT2D eigenvalue weighted by molar-refractivity contribution is 5.18. The summed E-state index contributed by atoms with van der Waals surface area (Å²) < 4.78 is 74.4. The first kappa shape index (κ1) is 15.8. The summed E-state index contributed by atoms with van der Waals surface area (Å²) in [7, 11) is 0. The lowest BCUT2D eigenvalue weighted by atomic mass is 9.91. The average Bonchev–Trinajstić information content (AvgIpc) is 2.27. The maximum absolute atomic E-state index is 12.4. The summed E-state index contributed by atoms with van der Waals surface area (Å²) in [6.07, 6.45) is -15.9. The van der Waals surface area contributed by atoms with Crippen LogP contribution in [0.5, 0.6) is 0 Å². The lowest BCUT2D eigenvalue weighted by Gasteiger charge is -2.33. The van der Waals surface area contributed by atoms with E-state index in [0.717, 1.165) is 12.1 Å². The van der Waals surface area contributed by atoms with Crippen LogP contribution in [0.4, 0.5) is 26.3 Å². The van der Waals surface area contributed by atoms with Gasteiger partial charge in [0.1, 0.15) is 0 Å². The number of hydrogen-bond acceptors (Lipinski definition) is 2. The van der Waals surface area contributed by atoms with E-state index in [0.29, 0.717) is 0 Å². The van der Waals surface area contributed by atoms with Crippen LogP contribution in [0.1, 0.15) is 18.1 Å². The molecule has 0 radical (unpaired) electrons. The molecule has 0 bridgehead atoms. The Hall–Kier alpha value is -1.28. The Labute approximate surface area is 104 Å². The molecule has 0 amide bonds. The predicted octanol–water partition coefficient (Wildman–Crippen LogP) is 2.97. The van der Waals surface area contributed by atoms with Gasteiger partial charge in [-0.3, -0.25) is 0 Å². The highest BCUT2D eigenvalue weighted by atomic mass is 19.4. The molecule has 0 aliphatic rings. The van der Waals surface area contributed by atoms with Crippen molar-refractivity contribution in [3.63, 3.8) is 0 Å². The molecule has 2 N–H and O–H groups in total. The average molecular weight is 288 g/mol. The van der Waals surface area contributed by atoms with Gasteiger partial charge in [0.15, 0.2) is 0 Å². The zero-order valence-corrected chi connectivity index (χ0v) is 9.33. The van der Waals surface area contributed by atoms with Gasteiger partial charge in [-0.25, -0.2) is 0 Å². The van der Waals surface area contributed by atoms with Crippen molar-refractivity contribution in [1.82, 2.24) is 0 Å². The lowest BCUT2D eigenvalue weighted by molar-refractivity contribution is -0.374. The van der Waals surface area contributed by atoms with Crippen LogP contribution in [0, 0.1) is 0 Å². The summed E-state index contributed by atoms with van der Waals surface area (Å²) in [5, 5.41) is 18.3. The fraction of sp³-hybridized carbons (Fsp3) is 0.455. The van der Waals surface area contributed by atoms with Crippen molar-refractivity contribution in [1.29, 1.82) is 0 Å². The Bertz CT molecular complexity index is 397. The van der Waals surface area contributed by atoms with E-state index in [2.05, 4.69) is 0 Å². The van der Waals surface area contributed by atoms with Crippen LogP contribution in [0.3, 0.4) is 0 Å². The quantitative estimate of drug-likeness (QED) is 0.839. The van der Waals surface area contributed by atoms with Crippen molar-refractivity contribution in [2.75, 3.05) is 0 Å². The number of halogens is 6. The van der Waals surface area contributed by atoms with Gasteiger partial charge in [-0.1, -0.05) is 30.3 Å². The molecule has 0 aromatic heterocycles. The molecule has 0 aliphatic heterocycles. The van der Waals surface area contributed by atoms with Crippen molar-refractivity contribution in [3.05, 3.63) is 35.9 Å². The Balaban J connectivity index is 3.04. The molecular weight excluding hydrogens is 278 g/mol. The monoisotopic (exact) mass is 288 g/mol. The second kappa shape index (κ2) is 5.01. The van der Waals surface area contributed by atoms with Crippen LogP contribution in [0.15, 0.2) is 30.3 Å². The van der Waals surface area contributed by atoms with Gasteiger partial charge in [0.25, 0.3) is 5.60 Å². The Morgan fingerprint density at radius 3 is 1.68 bits per heavy atom. The molecule has 8 heteroatoms. The van der Waals surface area contributed by atoms with Gasteiger partial charge >= 0.3 is 12.4 Å². The first-order valence-electron chi connectivity index (χ1n) is 5.08. The third-order valence-corrected chi connectivity index (χ3v) is 2.61. The van der Waals surface area contributed by atoms with Crippen LogP contribution in [0.25, 0.3) is 0 Å². The molecule has 1 aromatic carbocycles. The van der Waals surface area contributed by atoms with Crippen molar-refractivity contribution in [2.24, 2.45) is 0 Å². The predicted molar refractivity (Wildman–Crippen MR) is 53.1 cm³/mol. The lowest BCUT2D eigenvalue weighted by Crippen LogP contribution is -2.57. The molecule has 0 heterocycles. The van der Waals surface area contributed by atoms with E-state index >= 15 is 0 Å². The maximum Gasteiger partial charge on any atom is 0.426 e. The van der Waals surface area contributed by atoms with Crippen LogP contribution in [-0.2, 0) is 0 Å². The van der Waals surface area contributed by atoms with E-state index in [-0.39, 0.29) is 5.56 Å². The fourth-order valence-corrected chi connectivity index (χ4v) is 1.47. The zero-order chi connectivity index (χ0) is 14.9. The van der Waals surface area contributed by atoms with Crippen LogP contribution < -0.4 is 0 Å². The molecule has 0 saturated carbocycles. The third-order valence-electron chi connectivity index (χ3n) is 2.61. The van der Waals surface area contributed by atoms with Crippen molar-refractivity contribution >= 4 is 0 Å². The minimum Gasteiger partial charge on any atom is -0.388 e.